The average molecular weight is 1460 g/mol. The molecule has 444 valence electrons. The number of amides is 1. The number of aryl methyl sites for hydroxylation is 3. The number of piperidine rings is 1. The number of rotatable bonds is 11. The van der Waals surface area contributed by atoms with Gasteiger partial charge in [-0.2, -0.15) is 0 Å². The second-order valence-corrected chi connectivity index (χ2v) is 22.3. The lowest BCUT2D eigenvalue weighted by Gasteiger charge is -2.27. The molecule has 19 nitrogen and oxygen atoms in total. The minimum absolute atomic E-state index is 0.0636. The molecule has 0 unspecified atom stereocenters. The van der Waals surface area contributed by atoms with Crippen LogP contribution in [0, 0.1) is 48.1 Å². The van der Waals surface area contributed by atoms with Crippen molar-refractivity contribution in [3.8, 4) is 33.4 Å². The van der Waals surface area contributed by atoms with Gasteiger partial charge in [-0.15, -0.1) is 0 Å². The van der Waals surface area contributed by atoms with Gasteiger partial charge in [0.25, 0.3) is 11.4 Å². The molecule has 0 aliphatic carbocycles. The minimum atomic E-state index is -1.17. The maximum atomic E-state index is 12.1. The standard InChI is InChI=1S/C19H19NO3.C15H13BrO2.C15H15NO2.C8H6INO4.C7H4INO4/c1-13-5-7-14(8-6-13)15-10-16(19(22)23)12-17(11-15)20-9-3-2-4-18(20)21;2*1-10-3-5-11(6-4-10)12-7-13(15(17)18-2)9-14(16)8-12;1-14-8(11)5-2-6(9)4-7(3-5)10(12)13;8-5-1-4(7(10)11)2-6(3-5)9(12)13/h5-8,10-12H,2-4,9H2,1H3,(H,22,23);3-9H,1-2H3;3-9H,16H2,1-2H3;2-4H,1H3;1-3H,(H,10,11). The molecule has 0 radical (unpaired) electrons. The number of carboxylic acids is 2. The lowest BCUT2D eigenvalue weighted by Crippen LogP contribution is -2.35. The Bertz CT molecular complexity index is 3670. The van der Waals surface area contributed by atoms with Crippen molar-refractivity contribution in [2.75, 3.05) is 38.5 Å². The molecule has 1 aliphatic heterocycles. The summed E-state index contributed by atoms with van der Waals surface area (Å²) >= 11 is 7.15. The molecule has 4 N–H and O–H groups in total. The number of anilines is 2. The third kappa shape index (κ3) is 20.4. The first kappa shape index (κ1) is 67.9. The maximum absolute atomic E-state index is 12.1. The second kappa shape index (κ2) is 32.4. The predicted molar refractivity (Wildman–Crippen MR) is 348 cm³/mol. The minimum Gasteiger partial charge on any atom is -0.478 e. The molecule has 0 atom stereocenters. The van der Waals surface area contributed by atoms with Crippen LogP contribution < -0.4 is 10.6 Å². The normalized spacial score (nSPS) is 11.2. The number of ether oxygens (including phenoxy) is 3. The van der Waals surface area contributed by atoms with Crippen molar-refractivity contribution in [3.05, 3.63) is 240 Å². The van der Waals surface area contributed by atoms with Crippen LogP contribution in [0.15, 0.2) is 168 Å². The number of hydrogen-bond acceptors (Lipinski definition) is 14. The number of hydrogen-bond donors (Lipinski definition) is 3. The maximum Gasteiger partial charge on any atom is 0.338 e. The fourth-order valence-electron chi connectivity index (χ4n) is 8.14. The predicted octanol–water partition coefficient (Wildman–Crippen LogP) is 15.0. The number of esters is 3. The largest absolute Gasteiger partial charge is 0.478 e. The van der Waals surface area contributed by atoms with Gasteiger partial charge in [-0.05, 0) is 179 Å². The van der Waals surface area contributed by atoms with Gasteiger partial charge in [0.2, 0.25) is 5.91 Å². The number of nitrogen functional groups attached to an aromatic ring is 1. The number of nitrogens with zero attached hydrogens (tertiary/aromatic N) is 3. The van der Waals surface area contributed by atoms with Gasteiger partial charge in [0.1, 0.15) is 0 Å². The van der Waals surface area contributed by atoms with E-state index in [4.69, 9.17) is 20.3 Å². The third-order valence-electron chi connectivity index (χ3n) is 12.5. The van der Waals surface area contributed by atoms with Crippen LogP contribution in [-0.4, -0.2) is 83.7 Å². The summed E-state index contributed by atoms with van der Waals surface area (Å²) in [5.41, 5.74) is 17.4. The van der Waals surface area contributed by atoms with Crippen molar-refractivity contribution in [2.24, 2.45) is 0 Å². The van der Waals surface area contributed by atoms with Crippen molar-refractivity contribution in [2.45, 2.75) is 40.0 Å². The number of carbonyl (C=O) groups is 6. The first-order valence-electron chi connectivity index (χ1n) is 25.8. The number of benzene rings is 8. The molecule has 22 heteroatoms. The Hall–Kier alpha value is -8.88. The zero-order valence-electron chi connectivity index (χ0n) is 47.2. The summed E-state index contributed by atoms with van der Waals surface area (Å²) in [5.74, 6) is -3.37. The quantitative estimate of drug-likeness (QED) is 0.0271. The van der Waals surface area contributed by atoms with Crippen LogP contribution in [0.25, 0.3) is 33.4 Å². The molecule has 1 heterocycles. The van der Waals surface area contributed by atoms with E-state index >= 15 is 0 Å². The van der Waals surface area contributed by atoms with E-state index in [9.17, 15) is 54.1 Å². The van der Waals surface area contributed by atoms with Gasteiger partial charge in [0, 0.05) is 60.2 Å². The van der Waals surface area contributed by atoms with Crippen LogP contribution in [0.1, 0.15) is 87.7 Å². The van der Waals surface area contributed by atoms with E-state index in [2.05, 4.69) is 20.7 Å². The Balaban J connectivity index is 0.000000199. The zero-order valence-corrected chi connectivity index (χ0v) is 53.1. The summed E-state index contributed by atoms with van der Waals surface area (Å²) in [6.07, 6.45) is 2.37. The average Bonchev–Trinajstić information content (AvgIpc) is 2.28. The molecule has 0 aromatic heterocycles. The number of non-ortho nitro benzene ring substituents is 2. The van der Waals surface area contributed by atoms with Gasteiger partial charge >= 0.3 is 29.8 Å². The summed E-state index contributed by atoms with van der Waals surface area (Å²) in [6, 6.07) is 47.9. The Morgan fingerprint density at radius 3 is 1.29 bits per heavy atom. The zero-order chi connectivity index (χ0) is 63.4. The molecule has 0 spiro atoms. The van der Waals surface area contributed by atoms with E-state index in [1.54, 1.807) is 35.2 Å². The van der Waals surface area contributed by atoms with Gasteiger partial charge in [-0.25, -0.2) is 24.0 Å². The molecular formula is C64H57BrI2N4O15. The number of nitro benzene ring substituents is 2. The second-order valence-electron chi connectivity index (χ2n) is 18.9. The van der Waals surface area contributed by atoms with E-state index in [1.807, 2.05) is 163 Å². The van der Waals surface area contributed by atoms with Gasteiger partial charge in [-0.1, -0.05) is 105 Å². The van der Waals surface area contributed by atoms with Gasteiger partial charge in [0.05, 0.1) is 59.0 Å². The summed E-state index contributed by atoms with van der Waals surface area (Å²) < 4.78 is 15.9. The van der Waals surface area contributed by atoms with Crippen LogP contribution in [0.3, 0.4) is 0 Å². The topological polar surface area (TPSA) is 286 Å². The molecule has 0 saturated carbocycles. The molecule has 86 heavy (non-hydrogen) atoms. The van der Waals surface area contributed by atoms with Crippen molar-refractivity contribution < 1.29 is 63.0 Å². The van der Waals surface area contributed by atoms with Crippen molar-refractivity contribution in [1.29, 1.82) is 0 Å². The van der Waals surface area contributed by atoms with Gasteiger partial charge in [0.15, 0.2) is 0 Å². The summed E-state index contributed by atoms with van der Waals surface area (Å²) in [7, 11) is 3.97. The number of carboxylic acid groups (broad SMARTS) is 2. The van der Waals surface area contributed by atoms with E-state index < -0.39 is 27.8 Å². The van der Waals surface area contributed by atoms with Crippen LogP contribution in [0.5, 0.6) is 0 Å². The summed E-state index contributed by atoms with van der Waals surface area (Å²) in [5, 5.41) is 38.8. The molecular weight excluding hydrogens is 1400 g/mol. The molecule has 9 rings (SSSR count). The fraction of sp³-hybridized carbons (Fsp3) is 0.156. The molecule has 0 bridgehead atoms. The number of nitrogens with two attached hydrogens (primary N) is 1. The molecule has 1 aliphatic rings. The Kier molecular flexibility index (Phi) is 25.6. The Morgan fingerprint density at radius 1 is 0.500 bits per heavy atom. The van der Waals surface area contributed by atoms with Crippen LogP contribution in [0.4, 0.5) is 22.7 Å². The van der Waals surface area contributed by atoms with E-state index in [0.717, 1.165) is 62.3 Å². The molecule has 1 saturated heterocycles. The van der Waals surface area contributed by atoms with Gasteiger partial charge < -0.3 is 35.1 Å². The highest BCUT2D eigenvalue weighted by Crippen LogP contribution is 2.31. The van der Waals surface area contributed by atoms with Gasteiger partial charge in [-0.3, -0.25) is 25.0 Å². The number of aromatic carboxylic acids is 2. The first-order chi connectivity index (χ1) is 40.8. The fourth-order valence-corrected chi connectivity index (χ4v) is 9.94. The molecule has 8 aromatic rings. The number of halogens is 3. The summed E-state index contributed by atoms with van der Waals surface area (Å²) in [4.78, 5) is 89.6. The van der Waals surface area contributed by atoms with E-state index in [0.29, 0.717) is 42.6 Å². The summed E-state index contributed by atoms with van der Waals surface area (Å²) in [6.45, 7) is 6.73. The van der Waals surface area contributed by atoms with E-state index in [1.165, 1.54) is 62.8 Å². The van der Waals surface area contributed by atoms with Crippen molar-refractivity contribution >= 4 is 120 Å². The number of nitro groups is 2. The molecule has 1 amide bonds. The SMILES string of the molecule is COC(=O)c1cc(Br)cc(-c2ccc(C)cc2)c1.COC(=O)c1cc(I)cc([N+](=O)[O-])c1.COC(=O)c1cc(N)cc(-c2ccc(C)cc2)c1.Cc1ccc(-c2cc(C(=O)O)cc(N3CCCCC3=O)c2)cc1.O=C(O)c1cc(I)cc([N+](=O)[O-])c1. The number of carbonyl (C=O) groups excluding carboxylic acids is 4. The van der Waals surface area contributed by atoms with Crippen LogP contribution in [-0.2, 0) is 19.0 Å². The lowest BCUT2D eigenvalue weighted by molar-refractivity contribution is -0.385. The monoisotopic (exact) mass is 1450 g/mol. The first-order valence-corrected chi connectivity index (χ1v) is 28.7. The van der Waals surface area contributed by atoms with Crippen molar-refractivity contribution in [3.63, 3.8) is 0 Å². The smallest absolute Gasteiger partial charge is 0.338 e. The Labute approximate surface area is 530 Å². The van der Waals surface area contributed by atoms with Crippen LogP contribution >= 0.6 is 61.1 Å². The molecule has 8 aromatic carbocycles. The van der Waals surface area contributed by atoms with E-state index in [-0.39, 0.29) is 45.9 Å². The van der Waals surface area contributed by atoms with Crippen molar-refractivity contribution in [1.82, 2.24) is 0 Å². The highest BCUT2D eigenvalue weighted by Gasteiger charge is 2.22. The molecule has 1 fully saturated rings. The Morgan fingerprint density at radius 2 is 0.872 bits per heavy atom. The number of methoxy groups -OCH3 is 3. The highest BCUT2D eigenvalue weighted by atomic mass is 127. The van der Waals surface area contributed by atoms with Crippen LogP contribution in [0.2, 0.25) is 0 Å². The third-order valence-corrected chi connectivity index (χ3v) is 14.2. The highest BCUT2D eigenvalue weighted by molar-refractivity contribution is 14.1. The lowest BCUT2D eigenvalue weighted by atomic mass is 9.99.